The lowest BCUT2D eigenvalue weighted by Crippen LogP contribution is -1.83. The molecule has 60 valence electrons. The van der Waals surface area contributed by atoms with Crippen LogP contribution in [0.25, 0.3) is 11.0 Å². The largest absolute Gasteiger partial charge is 0.253 e. The predicted octanol–water partition coefficient (Wildman–Crippen LogP) is 3.05. The molecule has 0 fully saturated rings. The van der Waals surface area contributed by atoms with Gasteiger partial charge in [-0.05, 0) is 28.1 Å². The van der Waals surface area contributed by atoms with E-state index in [4.69, 9.17) is 11.6 Å². The van der Waals surface area contributed by atoms with E-state index in [-0.39, 0.29) is 0 Å². The number of hydrogen-bond acceptors (Lipinski definition) is 2. The molecule has 0 bridgehead atoms. The first-order valence-electron chi connectivity index (χ1n) is 3.34. The fraction of sp³-hybridized carbons (Fsp3) is 0. The van der Waals surface area contributed by atoms with E-state index in [0.29, 0.717) is 5.02 Å². The lowest BCUT2D eigenvalue weighted by atomic mass is 10.3. The molecule has 0 saturated heterocycles. The van der Waals surface area contributed by atoms with Crippen molar-refractivity contribution < 1.29 is 0 Å². The third kappa shape index (κ3) is 1.19. The van der Waals surface area contributed by atoms with Gasteiger partial charge in [0.25, 0.3) is 0 Å². The van der Waals surface area contributed by atoms with Crippen molar-refractivity contribution >= 4 is 38.6 Å². The minimum Gasteiger partial charge on any atom is -0.253 e. The summed E-state index contributed by atoms with van der Waals surface area (Å²) in [5.74, 6) is 0. The van der Waals surface area contributed by atoms with Crippen LogP contribution in [-0.2, 0) is 0 Å². The lowest BCUT2D eigenvalue weighted by Gasteiger charge is -1.99. The van der Waals surface area contributed by atoms with E-state index in [0.717, 1.165) is 15.5 Å². The van der Waals surface area contributed by atoms with Gasteiger partial charge in [0.1, 0.15) is 5.52 Å². The molecule has 0 atom stereocenters. The highest BCUT2D eigenvalue weighted by Gasteiger charge is 2.03. The molecule has 0 amide bonds. The van der Waals surface area contributed by atoms with Crippen molar-refractivity contribution in [2.24, 2.45) is 0 Å². The molecule has 0 aliphatic carbocycles. The Bertz CT molecular complexity index is 430. The molecule has 0 aliphatic rings. The first kappa shape index (κ1) is 7.95. The SMILES string of the molecule is Clc1cnc2cccnc2c1Br. The fourth-order valence-corrected chi connectivity index (χ4v) is 1.51. The van der Waals surface area contributed by atoms with Gasteiger partial charge in [-0.1, -0.05) is 11.6 Å². The maximum absolute atomic E-state index is 5.84. The molecule has 2 nitrogen and oxygen atoms in total. The summed E-state index contributed by atoms with van der Waals surface area (Å²) < 4.78 is 0.801. The second kappa shape index (κ2) is 2.99. The molecule has 12 heavy (non-hydrogen) atoms. The molecular weight excluding hydrogens is 239 g/mol. The van der Waals surface area contributed by atoms with E-state index >= 15 is 0 Å². The average Bonchev–Trinajstić information content (AvgIpc) is 2.12. The summed E-state index contributed by atoms with van der Waals surface area (Å²) in [6.45, 7) is 0. The molecule has 2 rings (SSSR count). The van der Waals surface area contributed by atoms with Crippen molar-refractivity contribution in [2.45, 2.75) is 0 Å². The number of hydrogen-bond donors (Lipinski definition) is 0. The third-order valence-electron chi connectivity index (χ3n) is 1.52. The summed E-state index contributed by atoms with van der Waals surface area (Å²) in [5, 5.41) is 0.584. The number of rotatable bonds is 0. The van der Waals surface area contributed by atoms with Gasteiger partial charge < -0.3 is 0 Å². The first-order chi connectivity index (χ1) is 5.79. The van der Waals surface area contributed by atoms with Crippen molar-refractivity contribution in [1.82, 2.24) is 9.97 Å². The summed E-state index contributed by atoms with van der Waals surface area (Å²) in [6.07, 6.45) is 3.32. The summed E-state index contributed by atoms with van der Waals surface area (Å²) in [6, 6.07) is 3.74. The number of aromatic nitrogens is 2. The third-order valence-corrected chi connectivity index (χ3v) is 2.84. The molecule has 2 aromatic heterocycles. The van der Waals surface area contributed by atoms with E-state index in [1.807, 2.05) is 12.1 Å². The van der Waals surface area contributed by atoms with Gasteiger partial charge in [-0.2, -0.15) is 0 Å². The quantitative estimate of drug-likeness (QED) is 0.711. The maximum Gasteiger partial charge on any atom is 0.104 e. The van der Waals surface area contributed by atoms with Gasteiger partial charge in [0.05, 0.1) is 15.0 Å². The maximum atomic E-state index is 5.84. The zero-order chi connectivity index (χ0) is 8.55. The number of pyridine rings is 2. The zero-order valence-corrected chi connectivity index (χ0v) is 8.30. The van der Waals surface area contributed by atoms with Crippen molar-refractivity contribution in [1.29, 1.82) is 0 Å². The molecule has 0 spiro atoms. The number of fused-ring (bicyclic) bond motifs is 1. The molecule has 0 radical (unpaired) electrons. The molecule has 4 heteroatoms. The molecule has 0 aliphatic heterocycles. The number of nitrogens with zero attached hydrogens (tertiary/aromatic N) is 2. The van der Waals surface area contributed by atoms with Crippen LogP contribution in [0.2, 0.25) is 5.02 Å². The Labute approximate surface area is 82.7 Å². The van der Waals surface area contributed by atoms with Crippen molar-refractivity contribution in [2.75, 3.05) is 0 Å². The van der Waals surface area contributed by atoms with Crippen LogP contribution in [0.15, 0.2) is 29.0 Å². The van der Waals surface area contributed by atoms with Crippen LogP contribution in [0.4, 0.5) is 0 Å². The van der Waals surface area contributed by atoms with Gasteiger partial charge in [0, 0.05) is 12.4 Å². The minimum absolute atomic E-state index is 0.584. The van der Waals surface area contributed by atoms with Crippen LogP contribution < -0.4 is 0 Å². The second-order valence-corrected chi connectivity index (χ2v) is 3.49. The van der Waals surface area contributed by atoms with E-state index < -0.39 is 0 Å². The number of halogens is 2. The summed E-state index contributed by atoms with van der Waals surface area (Å²) in [5.41, 5.74) is 1.64. The van der Waals surface area contributed by atoms with Crippen LogP contribution in [0, 0.1) is 0 Å². The molecule has 2 aromatic rings. The average molecular weight is 243 g/mol. The Morgan fingerprint density at radius 3 is 3.00 bits per heavy atom. The smallest absolute Gasteiger partial charge is 0.104 e. The Morgan fingerprint density at radius 2 is 2.17 bits per heavy atom. The van der Waals surface area contributed by atoms with Gasteiger partial charge in [-0.3, -0.25) is 9.97 Å². The van der Waals surface area contributed by atoms with Crippen LogP contribution >= 0.6 is 27.5 Å². The standard InChI is InChI=1S/C8H4BrClN2/c9-7-5(10)4-12-6-2-1-3-11-8(6)7/h1-4H. The van der Waals surface area contributed by atoms with Crippen molar-refractivity contribution in [3.05, 3.63) is 34.0 Å². The molecule has 2 heterocycles. The minimum atomic E-state index is 0.584. The highest BCUT2D eigenvalue weighted by molar-refractivity contribution is 9.10. The fourth-order valence-electron chi connectivity index (χ4n) is 0.966. The summed E-state index contributed by atoms with van der Waals surface area (Å²) >= 11 is 9.18. The Kier molecular flexibility index (Phi) is 1.98. The van der Waals surface area contributed by atoms with Gasteiger partial charge in [0.15, 0.2) is 0 Å². The van der Waals surface area contributed by atoms with Crippen LogP contribution in [0.5, 0.6) is 0 Å². The van der Waals surface area contributed by atoms with Crippen molar-refractivity contribution in [3.8, 4) is 0 Å². The molecule has 0 saturated carbocycles. The topological polar surface area (TPSA) is 25.8 Å². The normalized spacial score (nSPS) is 10.5. The monoisotopic (exact) mass is 242 g/mol. The highest BCUT2D eigenvalue weighted by atomic mass is 79.9. The van der Waals surface area contributed by atoms with E-state index in [2.05, 4.69) is 25.9 Å². The van der Waals surface area contributed by atoms with Gasteiger partial charge in [0.2, 0.25) is 0 Å². The Balaban J connectivity index is 2.91. The van der Waals surface area contributed by atoms with Gasteiger partial charge in [-0.15, -0.1) is 0 Å². The van der Waals surface area contributed by atoms with E-state index in [1.54, 1.807) is 12.4 Å². The van der Waals surface area contributed by atoms with Gasteiger partial charge >= 0.3 is 0 Å². The highest BCUT2D eigenvalue weighted by Crippen LogP contribution is 2.27. The van der Waals surface area contributed by atoms with E-state index in [1.165, 1.54) is 0 Å². The van der Waals surface area contributed by atoms with Crippen molar-refractivity contribution in [3.63, 3.8) is 0 Å². The van der Waals surface area contributed by atoms with Crippen LogP contribution in [0.1, 0.15) is 0 Å². The molecule has 0 unspecified atom stereocenters. The lowest BCUT2D eigenvalue weighted by molar-refractivity contribution is 1.32. The second-order valence-electron chi connectivity index (χ2n) is 2.29. The van der Waals surface area contributed by atoms with Crippen LogP contribution in [-0.4, -0.2) is 9.97 Å². The molecular formula is C8H4BrClN2. The summed E-state index contributed by atoms with van der Waals surface area (Å²) in [4.78, 5) is 8.26. The first-order valence-corrected chi connectivity index (χ1v) is 4.51. The van der Waals surface area contributed by atoms with Gasteiger partial charge in [-0.25, -0.2) is 0 Å². The predicted molar refractivity (Wildman–Crippen MR) is 52.2 cm³/mol. The zero-order valence-electron chi connectivity index (χ0n) is 5.96. The van der Waals surface area contributed by atoms with Crippen LogP contribution in [0.3, 0.4) is 0 Å². The molecule has 0 N–H and O–H groups in total. The Hall–Kier alpha value is -0.670. The molecule has 0 aromatic carbocycles. The Morgan fingerprint density at radius 1 is 1.33 bits per heavy atom. The summed E-state index contributed by atoms with van der Waals surface area (Å²) in [7, 11) is 0. The van der Waals surface area contributed by atoms with E-state index in [9.17, 15) is 0 Å².